The number of para-hydroxylation sites is 1. The van der Waals surface area contributed by atoms with E-state index in [9.17, 15) is 28.0 Å². The summed E-state index contributed by atoms with van der Waals surface area (Å²) >= 11 is 0. The molecule has 0 saturated carbocycles. The summed E-state index contributed by atoms with van der Waals surface area (Å²) in [6.07, 6.45) is 3.30. The Hall–Kier alpha value is -5.12. The molecule has 3 aromatic carbocycles. The van der Waals surface area contributed by atoms with Crippen LogP contribution in [0.3, 0.4) is 0 Å². The summed E-state index contributed by atoms with van der Waals surface area (Å²) in [5, 5.41) is 3.60. The lowest BCUT2D eigenvalue weighted by Crippen LogP contribution is -2.46. The normalized spacial score (nSPS) is 21.4. The van der Waals surface area contributed by atoms with E-state index < -0.39 is 36.7 Å². The average Bonchev–Trinajstić information content (AvgIpc) is 3.87. The number of fused-ring (bicyclic) bond motifs is 4. The number of hydrogen-bond donors (Lipinski definition) is 2. The van der Waals surface area contributed by atoms with Crippen LogP contribution < -0.4 is 10.2 Å². The molecule has 0 bridgehead atoms. The molecule has 15 heteroatoms. The number of anilines is 1. The Morgan fingerprint density at radius 1 is 0.984 bits per heavy atom. The molecule has 2 fully saturated rings. The number of carbonyl (C=O) groups is 4. The molecule has 2 saturated heterocycles. The van der Waals surface area contributed by atoms with Crippen LogP contribution in [0.15, 0.2) is 48.5 Å². The molecule has 342 valence electrons. The molecule has 8 rings (SSSR count). The quantitative estimate of drug-likeness (QED) is 0.0986. The maximum Gasteiger partial charge on any atom is 0.251 e. The molecule has 4 aliphatic heterocycles. The first-order valence-electron chi connectivity index (χ1n) is 22.7. The Bertz CT molecular complexity index is 2340. The Morgan fingerprint density at radius 3 is 2.39 bits per heavy atom. The fraction of sp³-hybridized carbons (Fsp3) is 0.510. The topological polar surface area (TPSA) is 112 Å². The van der Waals surface area contributed by atoms with Crippen LogP contribution in [0, 0.1) is 23.5 Å². The summed E-state index contributed by atoms with van der Waals surface area (Å²) in [5.74, 6) is -1.45. The lowest BCUT2D eigenvalue weighted by atomic mass is 9.88. The van der Waals surface area contributed by atoms with E-state index in [-0.39, 0.29) is 41.7 Å². The second kappa shape index (κ2) is 19.5. The molecule has 4 aliphatic rings. The molecular formula is C49H59F4N7O4. The van der Waals surface area contributed by atoms with Crippen LogP contribution in [0.5, 0.6) is 0 Å². The lowest BCUT2D eigenvalue weighted by Gasteiger charge is -2.41. The number of H-pyrrole nitrogens is 1. The number of likely N-dealkylation sites (tertiary alicyclic amines) is 1. The molecule has 0 aliphatic carbocycles. The Morgan fingerprint density at radius 2 is 1.70 bits per heavy atom. The summed E-state index contributed by atoms with van der Waals surface area (Å²) in [4.78, 5) is 62.7. The van der Waals surface area contributed by atoms with E-state index in [1.54, 1.807) is 14.1 Å². The maximum absolute atomic E-state index is 16.4. The maximum atomic E-state index is 16.4. The van der Waals surface area contributed by atoms with E-state index in [4.69, 9.17) is 0 Å². The molecule has 2 N–H and O–H groups in total. The highest BCUT2D eigenvalue weighted by molar-refractivity contribution is 5.86. The van der Waals surface area contributed by atoms with Gasteiger partial charge in [-0.25, -0.2) is 17.6 Å². The van der Waals surface area contributed by atoms with Crippen molar-refractivity contribution < 1.29 is 36.7 Å². The van der Waals surface area contributed by atoms with Gasteiger partial charge in [-0.2, -0.15) is 0 Å². The summed E-state index contributed by atoms with van der Waals surface area (Å²) < 4.78 is 60.8. The second-order valence-electron chi connectivity index (χ2n) is 18.4. The van der Waals surface area contributed by atoms with Gasteiger partial charge in [0, 0.05) is 98.1 Å². The number of nitrogens with one attached hydrogen (secondary N) is 2. The number of rotatable bonds is 15. The minimum absolute atomic E-state index is 0.104. The first kappa shape index (κ1) is 45.4. The number of halogens is 4. The second-order valence-corrected chi connectivity index (χ2v) is 18.4. The van der Waals surface area contributed by atoms with E-state index in [1.807, 2.05) is 58.0 Å². The number of piperidine rings is 2. The van der Waals surface area contributed by atoms with Crippen LogP contribution in [0.4, 0.5) is 23.2 Å². The third-order valence-corrected chi connectivity index (χ3v) is 14.2. The SMILES string of the molecule is CNC(=O)C(CCC=O)N(C)Cc1cc2c(cc1C=O)CN(C(=O)C1CCN(CC3CCCN(c4cc(F)c([C@@H]5c6[nH]c7ccccc7c6C[C@@H](C)N5CC(F)F)c(F)c4)C3)CC1)C2. The van der Waals surface area contributed by atoms with Gasteiger partial charge in [0.15, 0.2) is 0 Å². The van der Waals surface area contributed by atoms with Crippen LogP contribution in [-0.4, -0.2) is 121 Å². The van der Waals surface area contributed by atoms with Crippen molar-refractivity contribution in [2.45, 2.75) is 96.1 Å². The summed E-state index contributed by atoms with van der Waals surface area (Å²) in [6, 6.07) is 12.3. The number of carbonyl (C=O) groups excluding carboxylic acids is 4. The van der Waals surface area contributed by atoms with Crippen molar-refractivity contribution in [3.63, 3.8) is 0 Å². The van der Waals surface area contributed by atoms with Crippen molar-refractivity contribution in [1.29, 1.82) is 0 Å². The summed E-state index contributed by atoms with van der Waals surface area (Å²) in [5.41, 5.74) is 5.72. The smallest absolute Gasteiger partial charge is 0.251 e. The highest BCUT2D eigenvalue weighted by atomic mass is 19.3. The summed E-state index contributed by atoms with van der Waals surface area (Å²) in [7, 11) is 3.36. The number of likely N-dealkylation sites (N-methyl/N-ethyl adjacent to an activating group) is 2. The van der Waals surface area contributed by atoms with Crippen molar-refractivity contribution >= 4 is 41.0 Å². The fourth-order valence-electron chi connectivity index (χ4n) is 11.0. The van der Waals surface area contributed by atoms with Crippen molar-refractivity contribution in [1.82, 2.24) is 29.9 Å². The van der Waals surface area contributed by atoms with Gasteiger partial charge in [0.2, 0.25) is 11.8 Å². The van der Waals surface area contributed by atoms with E-state index in [1.165, 1.54) is 17.0 Å². The third kappa shape index (κ3) is 9.34. The van der Waals surface area contributed by atoms with Gasteiger partial charge in [0.1, 0.15) is 24.2 Å². The van der Waals surface area contributed by atoms with Gasteiger partial charge < -0.3 is 29.8 Å². The van der Waals surface area contributed by atoms with Crippen LogP contribution in [0.1, 0.15) is 95.4 Å². The zero-order chi connectivity index (χ0) is 45.2. The molecular weight excluding hydrogens is 827 g/mol. The minimum Gasteiger partial charge on any atom is -0.371 e. The number of benzene rings is 3. The number of amides is 2. The molecule has 1 aromatic heterocycles. The molecule has 2 unspecified atom stereocenters. The molecule has 2 amide bonds. The molecule has 11 nitrogen and oxygen atoms in total. The van der Waals surface area contributed by atoms with Crippen molar-refractivity contribution in [2.24, 2.45) is 11.8 Å². The number of nitrogens with zero attached hydrogens (tertiary/aromatic N) is 5. The predicted molar refractivity (Wildman–Crippen MR) is 237 cm³/mol. The van der Waals surface area contributed by atoms with Crippen LogP contribution in [0.25, 0.3) is 10.9 Å². The standard InChI is InChI=1S/C49H59F4N7O4/c1-30-18-39-38-9-4-5-10-42(38)55-46(39)47(60(30)28-44(52)53)45-40(50)21-37(22-41(45)51)58-14-6-8-31(24-58)23-57-15-12-32(13-16-57)49(64)59-26-34-19-33(36(29-62)20-35(34)27-59)25-56(3)43(11-7-17-61)48(63)54-2/h4-5,9-10,17,19-22,29-32,43-44,47,55H,6-8,11-16,18,23-28H2,1-3H3,(H,54,63)/t30-,31?,43?,47-/m1/s1. The highest BCUT2D eigenvalue weighted by Gasteiger charge is 2.40. The van der Waals surface area contributed by atoms with Crippen molar-refractivity contribution in [2.75, 3.05) is 58.3 Å². The molecule has 64 heavy (non-hydrogen) atoms. The first-order chi connectivity index (χ1) is 30.9. The molecule has 4 atom stereocenters. The van der Waals surface area contributed by atoms with E-state index in [0.717, 1.165) is 91.0 Å². The minimum atomic E-state index is -2.67. The fourth-order valence-corrected chi connectivity index (χ4v) is 11.0. The van der Waals surface area contributed by atoms with Crippen LogP contribution >= 0.6 is 0 Å². The average molecular weight is 886 g/mol. The van der Waals surface area contributed by atoms with Crippen molar-refractivity contribution in [3.8, 4) is 0 Å². The first-order valence-corrected chi connectivity index (χ1v) is 22.7. The Labute approximate surface area is 372 Å². The number of aldehydes is 2. The number of alkyl halides is 2. The Kier molecular flexibility index (Phi) is 13.9. The van der Waals surface area contributed by atoms with Gasteiger partial charge in [-0.1, -0.05) is 24.3 Å². The van der Waals surface area contributed by atoms with E-state index >= 15 is 8.78 Å². The Balaban J connectivity index is 0.881. The molecule has 0 spiro atoms. The number of aromatic nitrogens is 1. The zero-order valence-corrected chi connectivity index (χ0v) is 36.9. The van der Waals surface area contributed by atoms with Crippen LogP contribution in [0.2, 0.25) is 0 Å². The molecule has 4 aromatic rings. The monoisotopic (exact) mass is 885 g/mol. The predicted octanol–water partition coefficient (Wildman–Crippen LogP) is 6.86. The molecule has 0 radical (unpaired) electrons. The van der Waals surface area contributed by atoms with Crippen molar-refractivity contribution in [3.05, 3.63) is 99.2 Å². The summed E-state index contributed by atoms with van der Waals surface area (Å²) in [6.45, 7) is 6.06. The lowest BCUT2D eigenvalue weighted by molar-refractivity contribution is -0.137. The van der Waals surface area contributed by atoms with Gasteiger partial charge in [0.25, 0.3) is 6.43 Å². The largest absolute Gasteiger partial charge is 0.371 e. The number of hydrogen-bond acceptors (Lipinski definition) is 8. The van der Waals surface area contributed by atoms with Gasteiger partial charge in [0.05, 0.1) is 18.6 Å². The van der Waals surface area contributed by atoms with E-state index in [2.05, 4.69) is 15.2 Å². The number of aromatic amines is 1. The molecule has 5 heterocycles. The third-order valence-electron chi connectivity index (χ3n) is 14.2. The van der Waals surface area contributed by atoms with Crippen LogP contribution in [-0.2, 0) is 40.4 Å². The van der Waals surface area contributed by atoms with E-state index in [0.29, 0.717) is 62.5 Å². The van der Waals surface area contributed by atoms with Gasteiger partial charge in [-0.15, -0.1) is 0 Å². The van der Waals surface area contributed by atoms with Gasteiger partial charge in [-0.05, 0) is 118 Å². The van der Waals surface area contributed by atoms with Gasteiger partial charge in [-0.3, -0.25) is 24.2 Å². The zero-order valence-electron chi connectivity index (χ0n) is 36.9. The van der Waals surface area contributed by atoms with Gasteiger partial charge >= 0.3 is 0 Å². The highest BCUT2D eigenvalue weighted by Crippen LogP contribution is 2.44.